The standard InChI is InChI=1S/C25H15ClF2N6O2/c26-18-9-16(3-5-20(18)28)33-25(36)32-15-2-4-19(27)17(8-15)24(35)13-1-6-21-22(7-13)34-23(12-29-21)14-10-30-31-11-14/h1-12H,(H,30,31)(H2,32,33,36). The fourth-order valence-electron chi connectivity index (χ4n) is 3.48. The summed E-state index contributed by atoms with van der Waals surface area (Å²) in [5.74, 6) is -1.98. The van der Waals surface area contributed by atoms with E-state index in [0.717, 1.165) is 17.7 Å². The molecule has 0 radical (unpaired) electrons. The van der Waals surface area contributed by atoms with E-state index in [4.69, 9.17) is 11.6 Å². The second kappa shape index (κ2) is 9.51. The summed E-state index contributed by atoms with van der Waals surface area (Å²) in [6.45, 7) is 0. The number of carbonyl (C=O) groups is 2. The Morgan fingerprint density at radius 2 is 1.61 bits per heavy atom. The molecule has 0 saturated heterocycles. The Kier molecular flexibility index (Phi) is 6.09. The Labute approximate surface area is 207 Å². The number of hydrogen-bond acceptors (Lipinski definition) is 5. The zero-order chi connectivity index (χ0) is 25.2. The van der Waals surface area contributed by atoms with E-state index in [1.165, 1.54) is 36.4 Å². The predicted molar refractivity (Wildman–Crippen MR) is 131 cm³/mol. The third-order valence-electron chi connectivity index (χ3n) is 5.24. The van der Waals surface area contributed by atoms with Crippen molar-refractivity contribution in [1.29, 1.82) is 0 Å². The summed E-state index contributed by atoms with van der Waals surface area (Å²) in [5.41, 5.74) is 2.69. The van der Waals surface area contributed by atoms with E-state index in [-0.39, 0.29) is 27.5 Å². The van der Waals surface area contributed by atoms with E-state index < -0.39 is 23.4 Å². The normalized spacial score (nSPS) is 10.9. The SMILES string of the molecule is O=C(Nc1ccc(F)c(Cl)c1)Nc1ccc(F)c(C(=O)c2ccc3ncc(-c4cn[nH]c4)nc3c2)c1. The maximum absolute atomic E-state index is 14.6. The van der Waals surface area contributed by atoms with Gasteiger partial charge in [-0.05, 0) is 54.6 Å². The number of ketones is 1. The molecule has 3 aromatic carbocycles. The zero-order valence-corrected chi connectivity index (χ0v) is 19.0. The van der Waals surface area contributed by atoms with E-state index >= 15 is 0 Å². The molecule has 0 atom stereocenters. The van der Waals surface area contributed by atoms with Gasteiger partial charge in [0.1, 0.15) is 11.6 Å². The van der Waals surface area contributed by atoms with Crippen LogP contribution in [0.4, 0.5) is 25.0 Å². The van der Waals surface area contributed by atoms with Crippen LogP contribution in [0.2, 0.25) is 5.02 Å². The lowest BCUT2D eigenvalue weighted by atomic mass is 10.0. The summed E-state index contributed by atoms with van der Waals surface area (Å²) < 4.78 is 27.9. The first-order chi connectivity index (χ1) is 17.4. The van der Waals surface area contributed by atoms with Gasteiger partial charge >= 0.3 is 6.03 Å². The van der Waals surface area contributed by atoms with Gasteiger partial charge in [0, 0.05) is 28.7 Å². The van der Waals surface area contributed by atoms with E-state index in [9.17, 15) is 18.4 Å². The van der Waals surface area contributed by atoms with Crippen molar-refractivity contribution < 1.29 is 18.4 Å². The van der Waals surface area contributed by atoms with Crippen LogP contribution in [0, 0.1) is 11.6 Å². The molecule has 0 aliphatic heterocycles. The van der Waals surface area contributed by atoms with E-state index in [0.29, 0.717) is 16.7 Å². The molecule has 178 valence electrons. The molecule has 2 heterocycles. The first-order valence-electron chi connectivity index (χ1n) is 10.5. The number of hydrogen-bond donors (Lipinski definition) is 3. The summed E-state index contributed by atoms with van der Waals surface area (Å²) >= 11 is 5.72. The van der Waals surface area contributed by atoms with Crippen LogP contribution in [0.3, 0.4) is 0 Å². The summed E-state index contributed by atoms with van der Waals surface area (Å²) in [7, 11) is 0. The molecular weight excluding hydrogens is 490 g/mol. The highest BCUT2D eigenvalue weighted by Gasteiger charge is 2.17. The molecule has 2 amide bonds. The second-order valence-electron chi connectivity index (χ2n) is 7.68. The first kappa shape index (κ1) is 23.1. The van der Waals surface area contributed by atoms with Crippen LogP contribution in [0.1, 0.15) is 15.9 Å². The Hall–Kier alpha value is -4.70. The minimum atomic E-state index is -0.755. The summed E-state index contributed by atoms with van der Waals surface area (Å²) in [6, 6.07) is 11.3. The largest absolute Gasteiger partial charge is 0.323 e. The maximum Gasteiger partial charge on any atom is 0.323 e. The van der Waals surface area contributed by atoms with Crippen molar-refractivity contribution in [3.05, 3.63) is 101 Å². The third-order valence-corrected chi connectivity index (χ3v) is 5.53. The van der Waals surface area contributed by atoms with Crippen molar-refractivity contribution in [2.24, 2.45) is 0 Å². The Morgan fingerprint density at radius 3 is 2.33 bits per heavy atom. The van der Waals surface area contributed by atoms with Gasteiger partial charge in [-0.2, -0.15) is 5.10 Å². The predicted octanol–water partition coefficient (Wildman–Crippen LogP) is 5.83. The molecular formula is C25H15ClF2N6O2. The van der Waals surface area contributed by atoms with Gasteiger partial charge in [0.05, 0.1) is 39.7 Å². The number of fused-ring (bicyclic) bond motifs is 1. The number of urea groups is 1. The quantitative estimate of drug-likeness (QED) is 0.261. The van der Waals surface area contributed by atoms with Crippen LogP contribution in [-0.2, 0) is 0 Å². The first-order valence-corrected chi connectivity index (χ1v) is 10.9. The number of halogens is 3. The molecule has 0 spiro atoms. The van der Waals surface area contributed by atoms with Crippen LogP contribution in [0.5, 0.6) is 0 Å². The molecule has 2 aromatic heterocycles. The van der Waals surface area contributed by atoms with Crippen molar-refractivity contribution in [1.82, 2.24) is 20.2 Å². The topological polar surface area (TPSA) is 113 Å². The number of aromatic nitrogens is 4. The molecule has 0 saturated carbocycles. The average Bonchev–Trinajstić information content (AvgIpc) is 3.41. The maximum atomic E-state index is 14.6. The van der Waals surface area contributed by atoms with Crippen LogP contribution in [-0.4, -0.2) is 32.0 Å². The molecule has 0 bridgehead atoms. The van der Waals surface area contributed by atoms with Gasteiger partial charge in [-0.25, -0.2) is 18.6 Å². The van der Waals surface area contributed by atoms with E-state index in [2.05, 4.69) is 30.8 Å². The highest BCUT2D eigenvalue weighted by molar-refractivity contribution is 6.31. The molecule has 11 heteroatoms. The second-order valence-corrected chi connectivity index (χ2v) is 8.08. The van der Waals surface area contributed by atoms with Crippen molar-refractivity contribution in [3.8, 4) is 11.3 Å². The highest BCUT2D eigenvalue weighted by Crippen LogP contribution is 2.23. The monoisotopic (exact) mass is 504 g/mol. The molecule has 5 aromatic rings. The number of amides is 2. The lowest BCUT2D eigenvalue weighted by molar-refractivity contribution is 0.103. The van der Waals surface area contributed by atoms with Crippen LogP contribution in [0.25, 0.3) is 22.3 Å². The van der Waals surface area contributed by atoms with Crippen LogP contribution < -0.4 is 10.6 Å². The molecule has 0 aliphatic rings. The van der Waals surface area contributed by atoms with Gasteiger partial charge < -0.3 is 10.6 Å². The van der Waals surface area contributed by atoms with Gasteiger partial charge in [0.15, 0.2) is 5.78 Å². The fraction of sp³-hybridized carbons (Fsp3) is 0. The van der Waals surface area contributed by atoms with E-state index in [1.807, 2.05) is 0 Å². The number of rotatable bonds is 5. The molecule has 8 nitrogen and oxygen atoms in total. The molecule has 0 aliphatic carbocycles. The van der Waals surface area contributed by atoms with Crippen LogP contribution in [0.15, 0.2) is 73.2 Å². The molecule has 5 rings (SSSR count). The lowest BCUT2D eigenvalue weighted by Gasteiger charge is -2.10. The van der Waals surface area contributed by atoms with Gasteiger partial charge in [-0.15, -0.1) is 0 Å². The number of aromatic amines is 1. The van der Waals surface area contributed by atoms with Gasteiger partial charge in [-0.3, -0.25) is 14.9 Å². The Bertz CT molecular complexity index is 1630. The number of carbonyl (C=O) groups excluding carboxylic acids is 2. The lowest BCUT2D eigenvalue weighted by Crippen LogP contribution is -2.20. The zero-order valence-electron chi connectivity index (χ0n) is 18.2. The summed E-state index contributed by atoms with van der Waals surface area (Å²) in [4.78, 5) is 34.3. The molecule has 36 heavy (non-hydrogen) atoms. The summed E-state index contributed by atoms with van der Waals surface area (Å²) in [6.07, 6.45) is 4.85. The number of H-pyrrole nitrogens is 1. The average molecular weight is 505 g/mol. The van der Waals surface area contributed by atoms with Crippen molar-refractivity contribution in [3.63, 3.8) is 0 Å². The number of nitrogens with one attached hydrogen (secondary N) is 3. The number of benzene rings is 3. The molecule has 0 fully saturated rings. The Morgan fingerprint density at radius 1 is 0.861 bits per heavy atom. The highest BCUT2D eigenvalue weighted by atomic mass is 35.5. The number of nitrogens with zero attached hydrogens (tertiary/aromatic N) is 3. The van der Waals surface area contributed by atoms with Gasteiger partial charge in [0.2, 0.25) is 0 Å². The van der Waals surface area contributed by atoms with Gasteiger partial charge in [0.25, 0.3) is 0 Å². The minimum Gasteiger partial charge on any atom is -0.308 e. The van der Waals surface area contributed by atoms with Crippen LogP contribution >= 0.6 is 11.6 Å². The third kappa shape index (κ3) is 4.75. The summed E-state index contributed by atoms with van der Waals surface area (Å²) in [5, 5.41) is 11.4. The van der Waals surface area contributed by atoms with Crippen molar-refractivity contribution >= 4 is 45.8 Å². The van der Waals surface area contributed by atoms with E-state index in [1.54, 1.807) is 24.7 Å². The minimum absolute atomic E-state index is 0.153. The fourth-order valence-corrected chi connectivity index (χ4v) is 3.66. The Balaban J connectivity index is 1.38. The van der Waals surface area contributed by atoms with Gasteiger partial charge in [-0.1, -0.05) is 11.6 Å². The van der Waals surface area contributed by atoms with Crippen molar-refractivity contribution in [2.75, 3.05) is 10.6 Å². The number of anilines is 2. The smallest absolute Gasteiger partial charge is 0.308 e. The molecule has 0 unspecified atom stereocenters. The molecule has 3 N–H and O–H groups in total. The van der Waals surface area contributed by atoms with Crippen molar-refractivity contribution in [2.45, 2.75) is 0 Å².